The molecule has 0 unspecified atom stereocenters. The minimum absolute atomic E-state index is 0.323. The van der Waals surface area contributed by atoms with Crippen LogP contribution in [0, 0.1) is 13.8 Å². The van der Waals surface area contributed by atoms with Crippen LogP contribution in [0.4, 0.5) is 0 Å². The number of ether oxygens (including phenoxy) is 1. The first kappa shape index (κ1) is 12.3. The lowest BCUT2D eigenvalue weighted by atomic mass is 9.79. The Hall–Kier alpha value is -1.69. The van der Waals surface area contributed by atoms with Gasteiger partial charge in [-0.1, -0.05) is 5.16 Å². The van der Waals surface area contributed by atoms with Gasteiger partial charge in [-0.3, -0.25) is 4.68 Å². The van der Waals surface area contributed by atoms with Crippen LogP contribution in [-0.2, 0) is 16.9 Å². The van der Waals surface area contributed by atoms with E-state index in [0.29, 0.717) is 18.3 Å². The molecule has 0 saturated heterocycles. The largest absolute Gasteiger partial charge is 0.370 e. The molecule has 1 fully saturated rings. The Morgan fingerprint density at radius 1 is 1.42 bits per heavy atom. The zero-order valence-corrected chi connectivity index (χ0v) is 11.5. The highest BCUT2D eigenvalue weighted by molar-refractivity contribution is 5.09. The quantitative estimate of drug-likeness (QED) is 0.842. The minimum atomic E-state index is -0.323. The van der Waals surface area contributed by atoms with Crippen LogP contribution in [0.15, 0.2) is 10.6 Å². The summed E-state index contributed by atoms with van der Waals surface area (Å²) in [6.07, 6.45) is 3.07. The molecule has 0 aliphatic heterocycles. The smallest absolute Gasteiger partial charge is 0.248 e. The van der Waals surface area contributed by atoms with Crippen LogP contribution in [0.25, 0.3) is 0 Å². The van der Waals surface area contributed by atoms with Crippen LogP contribution in [0.5, 0.6) is 0 Å². The molecule has 1 saturated carbocycles. The second-order valence-corrected chi connectivity index (χ2v) is 5.15. The summed E-state index contributed by atoms with van der Waals surface area (Å²) in [6, 6.07) is 2.03. The van der Waals surface area contributed by atoms with E-state index in [2.05, 4.69) is 15.2 Å². The lowest BCUT2D eigenvalue weighted by Crippen LogP contribution is -2.37. The molecule has 6 nitrogen and oxygen atoms in total. The van der Waals surface area contributed by atoms with Crippen molar-refractivity contribution in [2.75, 3.05) is 7.11 Å². The molecular weight excluding hydrogens is 244 g/mol. The summed E-state index contributed by atoms with van der Waals surface area (Å²) in [5.41, 5.74) is 1.75. The summed E-state index contributed by atoms with van der Waals surface area (Å²) in [4.78, 5) is 4.46. The maximum absolute atomic E-state index is 5.54. The Kier molecular flexibility index (Phi) is 2.89. The van der Waals surface area contributed by atoms with Crippen molar-refractivity contribution in [2.24, 2.45) is 0 Å². The molecule has 0 amide bonds. The highest BCUT2D eigenvalue weighted by Crippen LogP contribution is 2.42. The molecule has 2 heterocycles. The summed E-state index contributed by atoms with van der Waals surface area (Å²) < 4.78 is 12.7. The van der Waals surface area contributed by atoms with Crippen molar-refractivity contribution in [2.45, 2.75) is 45.3 Å². The lowest BCUT2D eigenvalue weighted by molar-refractivity contribution is -0.0858. The standard InChI is InChI=1S/C13H18N4O2/c1-9-7-10(2)17(15-9)8-11-14-12(16-19-11)13(18-3)5-4-6-13/h7H,4-6,8H2,1-3H3. The molecule has 3 rings (SSSR count). The number of hydrogen-bond donors (Lipinski definition) is 0. The van der Waals surface area contributed by atoms with Crippen LogP contribution in [-0.4, -0.2) is 27.0 Å². The molecule has 0 atom stereocenters. The molecule has 19 heavy (non-hydrogen) atoms. The Labute approximate surface area is 111 Å². The monoisotopic (exact) mass is 262 g/mol. The molecule has 0 bridgehead atoms. The third kappa shape index (κ3) is 2.06. The highest BCUT2D eigenvalue weighted by Gasteiger charge is 2.43. The van der Waals surface area contributed by atoms with E-state index in [4.69, 9.17) is 9.26 Å². The average molecular weight is 262 g/mol. The van der Waals surface area contributed by atoms with Crippen molar-refractivity contribution in [1.29, 1.82) is 0 Å². The van der Waals surface area contributed by atoms with E-state index in [1.165, 1.54) is 0 Å². The number of methoxy groups -OCH3 is 1. The maximum Gasteiger partial charge on any atom is 0.248 e. The SMILES string of the molecule is COC1(c2noc(Cn3nc(C)cc3C)n2)CCC1. The molecule has 0 spiro atoms. The van der Waals surface area contributed by atoms with E-state index in [-0.39, 0.29) is 5.60 Å². The van der Waals surface area contributed by atoms with Crippen molar-refractivity contribution in [3.63, 3.8) is 0 Å². The Balaban J connectivity index is 1.80. The van der Waals surface area contributed by atoms with Crippen LogP contribution >= 0.6 is 0 Å². The van der Waals surface area contributed by atoms with Gasteiger partial charge in [-0.15, -0.1) is 0 Å². The van der Waals surface area contributed by atoms with Gasteiger partial charge >= 0.3 is 0 Å². The number of nitrogens with zero attached hydrogens (tertiary/aromatic N) is 4. The summed E-state index contributed by atoms with van der Waals surface area (Å²) >= 11 is 0. The van der Waals surface area contributed by atoms with Gasteiger partial charge in [0.05, 0.1) is 5.69 Å². The van der Waals surface area contributed by atoms with Gasteiger partial charge in [0.15, 0.2) is 0 Å². The minimum Gasteiger partial charge on any atom is -0.370 e. The van der Waals surface area contributed by atoms with E-state index in [9.17, 15) is 0 Å². The van der Waals surface area contributed by atoms with Crippen LogP contribution in [0.1, 0.15) is 42.4 Å². The molecule has 0 radical (unpaired) electrons. The molecule has 0 N–H and O–H groups in total. The third-order valence-corrected chi connectivity index (χ3v) is 3.82. The van der Waals surface area contributed by atoms with Crippen molar-refractivity contribution in [3.05, 3.63) is 29.2 Å². The Bertz CT molecular complexity index is 578. The molecule has 2 aromatic heterocycles. The van der Waals surface area contributed by atoms with Crippen LogP contribution in [0.2, 0.25) is 0 Å². The van der Waals surface area contributed by atoms with Gasteiger partial charge < -0.3 is 9.26 Å². The highest BCUT2D eigenvalue weighted by atomic mass is 16.5. The summed E-state index contributed by atoms with van der Waals surface area (Å²) in [7, 11) is 1.70. The van der Waals surface area contributed by atoms with E-state index in [1.54, 1.807) is 7.11 Å². The van der Waals surface area contributed by atoms with E-state index in [1.807, 2.05) is 24.6 Å². The van der Waals surface area contributed by atoms with Gasteiger partial charge in [0.25, 0.3) is 0 Å². The Morgan fingerprint density at radius 3 is 2.74 bits per heavy atom. The van der Waals surface area contributed by atoms with E-state index >= 15 is 0 Å². The third-order valence-electron chi connectivity index (χ3n) is 3.82. The predicted octanol–water partition coefficient (Wildman–Crippen LogP) is 1.96. The summed E-state index contributed by atoms with van der Waals surface area (Å²) in [5, 5.41) is 8.45. The van der Waals surface area contributed by atoms with Crippen molar-refractivity contribution >= 4 is 0 Å². The molecular formula is C13H18N4O2. The van der Waals surface area contributed by atoms with Gasteiger partial charge in [0, 0.05) is 12.8 Å². The van der Waals surface area contributed by atoms with Gasteiger partial charge in [0.1, 0.15) is 12.1 Å². The number of hydrogen-bond acceptors (Lipinski definition) is 5. The normalized spacial score (nSPS) is 17.4. The van der Waals surface area contributed by atoms with E-state index < -0.39 is 0 Å². The van der Waals surface area contributed by atoms with E-state index in [0.717, 1.165) is 30.7 Å². The van der Waals surface area contributed by atoms with Gasteiger partial charge in [-0.2, -0.15) is 10.1 Å². The van der Waals surface area contributed by atoms with Crippen LogP contribution in [0.3, 0.4) is 0 Å². The zero-order valence-electron chi connectivity index (χ0n) is 11.5. The molecule has 0 aromatic carbocycles. The van der Waals surface area contributed by atoms with Crippen LogP contribution < -0.4 is 0 Å². The van der Waals surface area contributed by atoms with Gasteiger partial charge in [-0.25, -0.2) is 0 Å². The lowest BCUT2D eigenvalue weighted by Gasteiger charge is -2.37. The molecule has 1 aliphatic carbocycles. The number of aryl methyl sites for hydroxylation is 2. The molecule has 2 aromatic rings. The van der Waals surface area contributed by atoms with Gasteiger partial charge in [0.2, 0.25) is 11.7 Å². The first-order valence-corrected chi connectivity index (χ1v) is 6.52. The predicted molar refractivity (Wildman–Crippen MR) is 67.6 cm³/mol. The summed E-state index contributed by atoms with van der Waals surface area (Å²) in [5.74, 6) is 1.24. The number of rotatable bonds is 4. The first-order valence-electron chi connectivity index (χ1n) is 6.52. The fourth-order valence-electron chi connectivity index (χ4n) is 2.48. The second kappa shape index (κ2) is 4.45. The maximum atomic E-state index is 5.54. The fourth-order valence-corrected chi connectivity index (χ4v) is 2.48. The molecule has 102 valence electrons. The van der Waals surface area contributed by atoms with Crippen molar-refractivity contribution < 1.29 is 9.26 Å². The topological polar surface area (TPSA) is 66.0 Å². The Morgan fingerprint density at radius 2 is 2.21 bits per heavy atom. The summed E-state index contributed by atoms with van der Waals surface area (Å²) in [6.45, 7) is 4.49. The second-order valence-electron chi connectivity index (χ2n) is 5.15. The van der Waals surface area contributed by atoms with Gasteiger partial charge in [-0.05, 0) is 39.2 Å². The number of aromatic nitrogens is 4. The molecule has 1 aliphatic rings. The molecule has 6 heteroatoms. The zero-order chi connectivity index (χ0) is 13.5. The fraction of sp³-hybridized carbons (Fsp3) is 0.615. The average Bonchev–Trinajstić information content (AvgIpc) is 2.87. The van der Waals surface area contributed by atoms with Crippen molar-refractivity contribution in [3.8, 4) is 0 Å². The van der Waals surface area contributed by atoms with Crippen molar-refractivity contribution in [1.82, 2.24) is 19.9 Å². The first-order chi connectivity index (χ1) is 9.13.